The lowest BCUT2D eigenvalue weighted by molar-refractivity contribution is -0.143. The molecule has 2 rings (SSSR count). The zero-order chi connectivity index (χ0) is 14.9. The summed E-state index contributed by atoms with van der Waals surface area (Å²) in [6.07, 6.45) is 1.54. The van der Waals surface area contributed by atoms with Gasteiger partial charge in [-0.15, -0.1) is 0 Å². The predicted octanol–water partition coefficient (Wildman–Crippen LogP) is -1.56. The van der Waals surface area contributed by atoms with Crippen LogP contribution in [0.2, 0.25) is 0 Å². The predicted molar refractivity (Wildman–Crippen MR) is 66.2 cm³/mol. The highest BCUT2D eigenvalue weighted by Crippen LogP contribution is 2.32. The van der Waals surface area contributed by atoms with Crippen molar-refractivity contribution in [2.75, 3.05) is 6.54 Å². The molecule has 0 aromatic rings. The highest BCUT2D eigenvalue weighted by atomic mass is 16.4. The van der Waals surface area contributed by atoms with E-state index < -0.39 is 36.2 Å². The molecule has 2 aliphatic rings. The number of primary amides is 1. The van der Waals surface area contributed by atoms with Gasteiger partial charge in [0.2, 0.25) is 17.7 Å². The van der Waals surface area contributed by atoms with Gasteiger partial charge < -0.3 is 21.1 Å². The molecule has 2 fully saturated rings. The Bertz CT molecular complexity index is 460. The number of carboxylic acid groups (broad SMARTS) is 1. The van der Waals surface area contributed by atoms with Crippen molar-refractivity contribution in [1.29, 1.82) is 0 Å². The van der Waals surface area contributed by atoms with Crippen LogP contribution in [0.1, 0.15) is 25.7 Å². The van der Waals surface area contributed by atoms with E-state index in [0.29, 0.717) is 6.54 Å². The van der Waals surface area contributed by atoms with Crippen LogP contribution in [-0.2, 0) is 19.2 Å². The number of nitrogens with zero attached hydrogens (tertiary/aromatic N) is 1. The van der Waals surface area contributed by atoms with Crippen LogP contribution in [-0.4, -0.2) is 52.3 Å². The zero-order valence-corrected chi connectivity index (χ0v) is 10.9. The molecule has 8 nitrogen and oxygen atoms in total. The van der Waals surface area contributed by atoms with Gasteiger partial charge >= 0.3 is 5.97 Å². The van der Waals surface area contributed by atoms with E-state index >= 15 is 0 Å². The number of nitrogens with two attached hydrogens (primary N) is 1. The van der Waals surface area contributed by atoms with Gasteiger partial charge in [0.25, 0.3) is 0 Å². The van der Waals surface area contributed by atoms with Gasteiger partial charge in [-0.2, -0.15) is 0 Å². The van der Waals surface area contributed by atoms with E-state index in [0.717, 1.165) is 12.8 Å². The Kier molecular flexibility index (Phi) is 3.91. The number of hydrogen-bond donors (Lipinski definition) is 3. The minimum Gasteiger partial charge on any atom is -0.480 e. The van der Waals surface area contributed by atoms with Crippen LogP contribution in [0.5, 0.6) is 0 Å². The molecule has 4 N–H and O–H groups in total. The van der Waals surface area contributed by atoms with Gasteiger partial charge in [0.05, 0.1) is 12.3 Å². The van der Waals surface area contributed by atoms with Gasteiger partial charge in [0, 0.05) is 19.0 Å². The summed E-state index contributed by atoms with van der Waals surface area (Å²) in [4.78, 5) is 47.1. The van der Waals surface area contributed by atoms with E-state index in [4.69, 9.17) is 10.8 Å². The Balaban J connectivity index is 1.92. The van der Waals surface area contributed by atoms with Crippen molar-refractivity contribution in [1.82, 2.24) is 10.2 Å². The molecule has 3 amide bonds. The summed E-state index contributed by atoms with van der Waals surface area (Å²) >= 11 is 0. The average molecular weight is 283 g/mol. The van der Waals surface area contributed by atoms with Crippen LogP contribution in [0.3, 0.4) is 0 Å². The second-order valence-electron chi connectivity index (χ2n) is 5.25. The first-order valence-corrected chi connectivity index (χ1v) is 6.49. The van der Waals surface area contributed by atoms with E-state index in [2.05, 4.69) is 5.32 Å². The Hall–Kier alpha value is -2.12. The number of nitrogens with one attached hydrogen (secondary N) is 1. The van der Waals surface area contributed by atoms with Gasteiger partial charge in [0.15, 0.2) is 0 Å². The maximum absolute atomic E-state index is 12.0. The molecule has 8 heteroatoms. The van der Waals surface area contributed by atoms with Crippen molar-refractivity contribution in [3.63, 3.8) is 0 Å². The normalized spacial score (nSPS) is 23.5. The van der Waals surface area contributed by atoms with Crippen LogP contribution < -0.4 is 11.1 Å². The van der Waals surface area contributed by atoms with Crippen molar-refractivity contribution >= 4 is 23.7 Å². The van der Waals surface area contributed by atoms with E-state index in [1.54, 1.807) is 4.90 Å². The van der Waals surface area contributed by atoms with Crippen molar-refractivity contribution in [3.8, 4) is 0 Å². The van der Waals surface area contributed by atoms with Gasteiger partial charge in [-0.1, -0.05) is 0 Å². The maximum atomic E-state index is 12.0. The Morgan fingerprint density at radius 3 is 2.55 bits per heavy atom. The number of rotatable bonds is 6. The molecule has 20 heavy (non-hydrogen) atoms. The molecule has 1 aliphatic carbocycles. The summed E-state index contributed by atoms with van der Waals surface area (Å²) in [5.41, 5.74) is 4.94. The molecule has 0 radical (unpaired) electrons. The molecule has 2 atom stereocenters. The second-order valence-corrected chi connectivity index (χ2v) is 5.25. The van der Waals surface area contributed by atoms with Crippen molar-refractivity contribution in [2.45, 2.75) is 37.8 Å². The number of carboxylic acids is 1. The number of carbonyl (C=O) groups excluding carboxylic acids is 3. The van der Waals surface area contributed by atoms with E-state index in [9.17, 15) is 19.2 Å². The van der Waals surface area contributed by atoms with Crippen molar-refractivity contribution in [3.05, 3.63) is 0 Å². The molecule has 1 aliphatic heterocycles. The number of carbonyl (C=O) groups is 4. The number of aliphatic carboxylic acids is 1. The van der Waals surface area contributed by atoms with E-state index in [-0.39, 0.29) is 18.4 Å². The van der Waals surface area contributed by atoms with Crippen molar-refractivity contribution < 1.29 is 24.3 Å². The Morgan fingerprint density at radius 1 is 1.40 bits per heavy atom. The van der Waals surface area contributed by atoms with Crippen molar-refractivity contribution in [2.24, 2.45) is 11.7 Å². The molecule has 1 saturated heterocycles. The first-order valence-electron chi connectivity index (χ1n) is 6.49. The first kappa shape index (κ1) is 14.3. The first-order chi connectivity index (χ1) is 9.38. The lowest BCUT2D eigenvalue weighted by Gasteiger charge is -2.17. The van der Waals surface area contributed by atoms with Crippen LogP contribution in [0.15, 0.2) is 0 Å². The van der Waals surface area contributed by atoms with Gasteiger partial charge in [-0.25, -0.2) is 4.79 Å². The third-order valence-corrected chi connectivity index (χ3v) is 3.54. The number of likely N-dealkylation sites (tertiary alicyclic amines) is 1. The molecule has 110 valence electrons. The van der Waals surface area contributed by atoms with Gasteiger partial charge in [-0.05, 0) is 12.8 Å². The molecule has 1 heterocycles. The van der Waals surface area contributed by atoms with Crippen LogP contribution in [0, 0.1) is 5.92 Å². The molecular weight excluding hydrogens is 266 g/mol. The largest absolute Gasteiger partial charge is 0.480 e. The lowest BCUT2D eigenvalue weighted by Crippen LogP contribution is -2.46. The average Bonchev–Trinajstić information content (AvgIpc) is 3.11. The Labute approximate surface area is 115 Å². The summed E-state index contributed by atoms with van der Waals surface area (Å²) in [7, 11) is 0. The summed E-state index contributed by atoms with van der Waals surface area (Å²) in [5.74, 6) is -3.28. The maximum Gasteiger partial charge on any atom is 0.326 e. The van der Waals surface area contributed by atoms with Crippen LogP contribution in [0.25, 0.3) is 0 Å². The summed E-state index contributed by atoms with van der Waals surface area (Å²) in [6, 6.07) is -1.11. The highest BCUT2D eigenvalue weighted by Gasteiger charge is 2.42. The molecule has 0 bridgehead atoms. The standard InChI is InChI=1S/C12H17N3O5/c13-9(16)4-8(12(19)20)14-11(18)6-3-10(17)15(5-6)7-1-2-7/h6-8H,1-5H2,(H2,13,16)(H,14,18)(H,19,20)/t6?,8-/m1/s1. The van der Waals surface area contributed by atoms with Crippen LogP contribution >= 0.6 is 0 Å². The zero-order valence-electron chi connectivity index (χ0n) is 10.9. The topological polar surface area (TPSA) is 130 Å². The second kappa shape index (κ2) is 5.48. The Morgan fingerprint density at radius 2 is 2.05 bits per heavy atom. The van der Waals surface area contributed by atoms with Gasteiger partial charge in [0.1, 0.15) is 6.04 Å². The smallest absolute Gasteiger partial charge is 0.326 e. The van der Waals surface area contributed by atoms with E-state index in [1.165, 1.54) is 0 Å². The molecule has 0 spiro atoms. The fraction of sp³-hybridized carbons (Fsp3) is 0.667. The molecule has 1 unspecified atom stereocenters. The minimum atomic E-state index is -1.34. The quantitative estimate of drug-likeness (QED) is 0.543. The third-order valence-electron chi connectivity index (χ3n) is 3.54. The monoisotopic (exact) mass is 283 g/mol. The third kappa shape index (κ3) is 3.25. The highest BCUT2D eigenvalue weighted by molar-refractivity contribution is 5.92. The number of hydrogen-bond acceptors (Lipinski definition) is 4. The lowest BCUT2D eigenvalue weighted by atomic mass is 10.1. The molecular formula is C12H17N3O5. The summed E-state index contributed by atoms with van der Waals surface area (Å²) in [6.45, 7) is 0.318. The SMILES string of the molecule is NC(=O)C[C@@H](NC(=O)C1CC(=O)N(C2CC2)C1)C(=O)O. The van der Waals surface area contributed by atoms with Gasteiger partial charge in [-0.3, -0.25) is 14.4 Å². The molecule has 0 aromatic carbocycles. The summed E-state index contributed by atoms with van der Waals surface area (Å²) in [5, 5.41) is 11.2. The summed E-state index contributed by atoms with van der Waals surface area (Å²) < 4.78 is 0. The fourth-order valence-corrected chi connectivity index (χ4v) is 2.34. The number of amides is 3. The van der Waals surface area contributed by atoms with E-state index in [1.807, 2.05) is 0 Å². The van der Waals surface area contributed by atoms with Crippen LogP contribution in [0.4, 0.5) is 0 Å². The minimum absolute atomic E-state index is 0.0746. The molecule has 1 saturated carbocycles. The molecule has 0 aromatic heterocycles. The fourth-order valence-electron chi connectivity index (χ4n) is 2.34.